The molecule has 0 radical (unpaired) electrons. The third-order valence-corrected chi connectivity index (χ3v) is 3.77. The maximum Gasteiger partial charge on any atom is 0.224 e. The van der Waals surface area contributed by atoms with Gasteiger partial charge in [0.05, 0.1) is 19.1 Å². The summed E-state index contributed by atoms with van der Waals surface area (Å²) in [6.07, 6.45) is 4.03. The van der Waals surface area contributed by atoms with Crippen LogP contribution in [0.4, 0.5) is 0 Å². The van der Waals surface area contributed by atoms with E-state index in [0.29, 0.717) is 32.3 Å². The van der Waals surface area contributed by atoms with Gasteiger partial charge >= 0.3 is 0 Å². The van der Waals surface area contributed by atoms with Gasteiger partial charge in [-0.05, 0) is 25.2 Å². The van der Waals surface area contributed by atoms with Crippen molar-refractivity contribution in [1.82, 2.24) is 5.32 Å². The molecule has 112 valence electrons. The van der Waals surface area contributed by atoms with Crippen LogP contribution in [-0.4, -0.2) is 45.4 Å². The average Bonchev–Trinajstić information content (AvgIpc) is 2.37. The van der Waals surface area contributed by atoms with Crippen molar-refractivity contribution in [3.63, 3.8) is 0 Å². The van der Waals surface area contributed by atoms with Gasteiger partial charge in [-0.3, -0.25) is 4.79 Å². The zero-order valence-electron chi connectivity index (χ0n) is 12.2. The Balaban J connectivity index is 2.12. The first-order valence-electron chi connectivity index (χ1n) is 7.26. The van der Waals surface area contributed by atoms with Crippen molar-refractivity contribution in [2.24, 2.45) is 17.6 Å². The molecule has 3 unspecified atom stereocenters. The number of hydrogen-bond acceptors (Lipinski definition) is 4. The molecule has 1 saturated carbocycles. The minimum atomic E-state index is -0.0249. The van der Waals surface area contributed by atoms with Crippen molar-refractivity contribution >= 4 is 5.91 Å². The van der Waals surface area contributed by atoms with E-state index in [1.165, 1.54) is 0 Å². The van der Waals surface area contributed by atoms with Crippen LogP contribution in [0.5, 0.6) is 0 Å². The van der Waals surface area contributed by atoms with Gasteiger partial charge in [0.25, 0.3) is 0 Å². The van der Waals surface area contributed by atoms with E-state index >= 15 is 0 Å². The molecule has 19 heavy (non-hydrogen) atoms. The standard InChI is InChI=1S/C14H28N2O3/c1-11-5-3-6-12(15)13(11)14(17)16-7-4-8-19-10-9-18-2/h11-13H,3-10,15H2,1-2H3,(H,16,17). The largest absolute Gasteiger partial charge is 0.382 e. The second-order valence-electron chi connectivity index (χ2n) is 5.35. The van der Waals surface area contributed by atoms with E-state index in [9.17, 15) is 4.79 Å². The van der Waals surface area contributed by atoms with Crippen LogP contribution in [0.1, 0.15) is 32.6 Å². The van der Waals surface area contributed by atoms with E-state index < -0.39 is 0 Å². The Morgan fingerprint density at radius 3 is 2.79 bits per heavy atom. The molecule has 1 fully saturated rings. The minimum Gasteiger partial charge on any atom is -0.382 e. The van der Waals surface area contributed by atoms with Crippen molar-refractivity contribution < 1.29 is 14.3 Å². The lowest BCUT2D eigenvalue weighted by Gasteiger charge is -2.33. The monoisotopic (exact) mass is 272 g/mol. The summed E-state index contributed by atoms with van der Waals surface area (Å²) in [4.78, 5) is 12.1. The zero-order chi connectivity index (χ0) is 14.1. The van der Waals surface area contributed by atoms with Gasteiger partial charge in [0.1, 0.15) is 0 Å². The number of rotatable bonds is 8. The van der Waals surface area contributed by atoms with Gasteiger partial charge in [-0.25, -0.2) is 0 Å². The fourth-order valence-corrected chi connectivity index (χ4v) is 2.66. The molecule has 1 aliphatic rings. The molecule has 5 heteroatoms. The van der Waals surface area contributed by atoms with E-state index in [1.807, 2.05) is 0 Å². The van der Waals surface area contributed by atoms with Crippen LogP contribution in [-0.2, 0) is 14.3 Å². The molecule has 1 aliphatic carbocycles. The molecule has 0 heterocycles. The number of amides is 1. The van der Waals surface area contributed by atoms with Gasteiger partial charge in [-0.2, -0.15) is 0 Å². The fraction of sp³-hybridized carbons (Fsp3) is 0.929. The van der Waals surface area contributed by atoms with Crippen LogP contribution in [0.15, 0.2) is 0 Å². The molecule has 5 nitrogen and oxygen atoms in total. The summed E-state index contributed by atoms with van der Waals surface area (Å²) in [5.74, 6) is 0.474. The summed E-state index contributed by atoms with van der Waals surface area (Å²) < 4.78 is 10.2. The number of carbonyl (C=O) groups excluding carboxylic acids is 1. The normalized spacial score (nSPS) is 27.2. The van der Waals surface area contributed by atoms with Crippen LogP contribution < -0.4 is 11.1 Å². The minimum absolute atomic E-state index is 0.0155. The second kappa shape index (κ2) is 9.28. The predicted molar refractivity (Wildman–Crippen MR) is 74.8 cm³/mol. The van der Waals surface area contributed by atoms with Crippen LogP contribution in [0, 0.1) is 11.8 Å². The van der Waals surface area contributed by atoms with Crippen molar-refractivity contribution in [2.75, 3.05) is 33.5 Å². The van der Waals surface area contributed by atoms with Crippen LogP contribution in [0.2, 0.25) is 0 Å². The maximum absolute atomic E-state index is 12.1. The first-order valence-corrected chi connectivity index (χ1v) is 7.26. The molecular formula is C14H28N2O3. The zero-order valence-corrected chi connectivity index (χ0v) is 12.2. The summed E-state index contributed by atoms with van der Waals surface area (Å²) >= 11 is 0. The molecule has 0 aromatic carbocycles. The van der Waals surface area contributed by atoms with E-state index in [2.05, 4.69) is 12.2 Å². The molecule has 1 rings (SSSR count). The predicted octanol–water partition coefficient (Wildman–Crippen LogP) is 0.919. The molecule has 3 N–H and O–H groups in total. The third-order valence-electron chi connectivity index (χ3n) is 3.77. The highest BCUT2D eigenvalue weighted by atomic mass is 16.5. The highest BCUT2D eigenvalue weighted by Gasteiger charge is 2.33. The lowest BCUT2D eigenvalue weighted by atomic mass is 9.76. The summed E-state index contributed by atoms with van der Waals surface area (Å²) in [7, 11) is 1.65. The van der Waals surface area contributed by atoms with Crippen molar-refractivity contribution in [1.29, 1.82) is 0 Å². The lowest BCUT2D eigenvalue weighted by molar-refractivity contribution is -0.128. The van der Waals surface area contributed by atoms with Gasteiger partial charge < -0.3 is 20.5 Å². The molecule has 0 aromatic rings. The molecular weight excluding hydrogens is 244 g/mol. The first kappa shape index (κ1) is 16.4. The van der Waals surface area contributed by atoms with Gasteiger partial charge in [0.15, 0.2) is 0 Å². The Morgan fingerprint density at radius 2 is 2.11 bits per heavy atom. The number of nitrogens with two attached hydrogens (primary N) is 1. The van der Waals surface area contributed by atoms with Crippen LogP contribution >= 0.6 is 0 Å². The summed E-state index contributed by atoms with van der Waals surface area (Å²) in [6, 6.07) is 0.0155. The Labute approximate surface area is 116 Å². The lowest BCUT2D eigenvalue weighted by Crippen LogP contribution is -2.47. The Bertz CT molecular complexity index is 251. The van der Waals surface area contributed by atoms with Crippen molar-refractivity contribution in [3.05, 3.63) is 0 Å². The van der Waals surface area contributed by atoms with E-state index in [1.54, 1.807) is 7.11 Å². The van der Waals surface area contributed by atoms with E-state index in [0.717, 1.165) is 25.7 Å². The summed E-state index contributed by atoms with van der Waals surface area (Å²) in [5.41, 5.74) is 6.06. The Morgan fingerprint density at radius 1 is 1.32 bits per heavy atom. The average molecular weight is 272 g/mol. The number of carbonyl (C=O) groups is 1. The topological polar surface area (TPSA) is 73.6 Å². The molecule has 0 saturated heterocycles. The maximum atomic E-state index is 12.1. The number of nitrogens with one attached hydrogen (secondary N) is 1. The number of methoxy groups -OCH3 is 1. The quantitative estimate of drug-likeness (QED) is 0.644. The number of hydrogen-bond donors (Lipinski definition) is 2. The van der Waals surface area contributed by atoms with Gasteiger partial charge in [0, 0.05) is 26.3 Å². The summed E-state index contributed by atoms with van der Waals surface area (Å²) in [6.45, 7) is 4.64. The highest BCUT2D eigenvalue weighted by molar-refractivity contribution is 5.79. The van der Waals surface area contributed by atoms with Gasteiger partial charge in [-0.15, -0.1) is 0 Å². The molecule has 3 atom stereocenters. The van der Waals surface area contributed by atoms with E-state index in [-0.39, 0.29) is 17.9 Å². The smallest absolute Gasteiger partial charge is 0.224 e. The molecule has 0 bridgehead atoms. The van der Waals surface area contributed by atoms with Crippen molar-refractivity contribution in [3.8, 4) is 0 Å². The van der Waals surface area contributed by atoms with Gasteiger partial charge in [0.2, 0.25) is 5.91 Å². The third kappa shape index (κ3) is 5.89. The molecule has 0 aromatic heterocycles. The SMILES string of the molecule is COCCOCCCNC(=O)C1C(C)CCCC1N. The van der Waals surface area contributed by atoms with Crippen LogP contribution in [0.25, 0.3) is 0 Å². The molecule has 1 amide bonds. The summed E-state index contributed by atoms with van der Waals surface area (Å²) in [5, 5.41) is 2.97. The van der Waals surface area contributed by atoms with E-state index in [4.69, 9.17) is 15.2 Å². The van der Waals surface area contributed by atoms with Crippen LogP contribution in [0.3, 0.4) is 0 Å². The molecule has 0 aliphatic heterocycles. The highest BCUT2D eigenvalue weighted by Crippen LogP contribution is 2.28. The Kier molecular flexibility index (Phi) is 8.02. The molecule has 0 spiro atoms. The fourth-order valence-electron chi connectivity index (χ4n) is 2.66. The van der Waals surface area contributed by atoms with Gasteiger partial charge in [-0.1, -0.05) is 13.3 Å². The van der Waals surface area contributed by atoms with Crippen molar-refractivity contribution in [2.45, 2.75) is 38.6 Å². The number of ether oxygens (including phenoxy) is 2. The first-order chi connectivity index (χ1) is 9.16. The Hall–Kier alpha value is -0.650. The second-order valence-corrected chi connectivity index (χ2v) is 5.35.